The molecule has 3 fully saturated rings. The maximum atomic E-state index is 14.5. The summed E-state index contributed by atoms with van der Waals surface area (Å²) in [5.74, 6) is -3.35. The minimum Gasteiger partial charge on any atom is -0.487 e. The summed E-state index contributed by atoms with van der Waals surface area (Å²) in [4.78, 5) is 13.6. The van der Waals surface area contributed by atoms with Crippen LogP contribution in [-0.2, 0) is 12.7 Å². The molecule has 4 nitrogen and oxygen atoms in total. The Morgan fingerprint density at radius 2 is 1.69 bits per heavy atom. The van der Waals surface area contributed by atoms with Gasteiger partial charge in [0.25, 0.3) is 0 Å². The lowest BCUT2D eigenvalue weighted by Crippen LogP contribution is -2.46. The number of hydrogen-bond acceptors (Lipinski definition) is 3. The topological polar surface area (TPSA) is 49.8 Å². The Bertz CT molecular complexity index is 1160. The highest BCUT2D eigenvalue weighted by atomic mass is 35.5. The maximum absolute atomic E-state index is 14.5. The average molecular weight is 552 g/mol. The average Bonchev–Trinajstić information content (AvgIpc) is 3.57. The second-order valence-corrected chi connectivity index (χ2v) is 10.1. The number of aromatic carboxylic acids is 1. The number of carboxylic acid groups (broad SMARTS) is 1. The number of piperidine rings is 1. The number of nitrogens with zero attached hydrogens (tertiary/aromatic N) is 1. The molecule has 0 amide bonds. The Labute approximate surface area is 215 Å². The van der Waals surface area contributed by atoms with E-state index in [2.05, 4.69) is 4.90 Å². The van der Waals surface area contributed by atoms with Gasteiger partial charge < -0.3 is 9.84 Å². The van der Waals surface area contributed by atoms with Crippen molar-refractivity contribution in [3.05, 3.63) is 63.2 Å². The highest BCUT2D eigenvalue weighted by Gasteiger charge is 2.43. The second-order valence-electron chi connectivity index (χ2n) is 9.65. The fourth-order valence-corrected chi connectivity index (χ4v) is 5.69. The molecule has 2 aromatic carbocycles. The molecule has 2 bridgehead atoms. The first-order valence-corrected chi connectivity index (χ1v) is 11.9. The Balaban J connectivity index is 0.00000304. The summed E-state index contributed by atoms with van der Waals surface area (Å²) >= 11 is 5.68. The van der Waals surface area contributed by atoms with Crippen LogP contribution in [0.3, 0.4) is 0 Å². The van der Waals surface area contributed by atoms with Crippen molar-refractivity contribution < 1.29 is 36.6 Å². The first-order valence-electron chi connectivity index (χ1n) is 11.6. The number of hydrogen-bond donors (Lipinski definition) is 1. The predicted molar refractivity (Wildman–Crippen MR) is 125 cm³/mol. The largest absolute Gasteiger partial charge is 0.487 e. The van der Waals surface area contributed by atoms with Crippen LogP contribution in [0.4, 0.5) is 22.0 Å². The summed E-state index contributed by atoms with van der Waals surface area (Å²) < 4.78 is 74.0. The van der Waals surface area contributed by atoms with Crippen LogP contribution in [-0.4, -0.2) is 34.2 Å². The smallest absolute Gasteiger partial charge is 0.416 e. The zero-order valence-electron chi connectivity index (χ0n) is 19.0. The number of carboxylic acids is 1. The van der Waals surface area contributed by atoms with Gasteiger partial charge in [0.05, 0.1) is 16.1 Å². The molecule has 3 atom stereocenters. The van der Waals surface area contributed by atoms with Crippen molar-refractivity contribution >= 4 is 30.0 Å². The number of halogens is 7. The van der Waals surface area contributed by atoms with Crippen LogP contribution in [0.25, 0.3) is 0 Å². The van der Waals surface area contributed by atoms with E-state index in [0.29, 0.717) is 31.5 Å². The highest BCUT2D eigenvalue weighted by molar-refractivity contribution is 6.31. The zero-order chi connectivity index (χ0) is 25.1. The van der Waals surface area contributed by atoms with Gasteiger partial charge in [-0.15, -0.1) is 12.4 Å². The van der Waals surface area contributed by atoms with Crippen LogP contribution in [0.2, 0.25) is 5.02 Å². The van der Waals surface area contributed by atoms with Gasteiger partial charge in [0.2, 0.25) is 0 Å². The molecule has 196 valence electrons. The molecular weight excluding hydrogens is 528 g/mol. The van der Waals surface area contributed by atoms with Gasteiger partial charge in [-0.2, -0.15) is 13.2 Å². The van der Waals surface area contributed by atoms with Gasteiger partial charge in [-0.1, -0.05) is 11.6 Å². The van der Waals surface area contributed by atoms with Crippen molar-refractivity contribution in [1.29, 1.82) is 0 Å². The molecule has 11 heteroatoms. The number of fused-ring (bicyclic) bond motifs is 2. The molecule has 2 saturated heterocycles. The van der Waals surface area contributed by atoms with E-state index in [-0.39, 0.29) is 36.0 Å². The predicted octanol–water partition coefficient (Wildman–Crippen LogP) is 7.21. The first-order chi connectivity index (χ1) is 16.5. The van der Waals surface area contributed by atoms with Gasteiger partial charge in [0, 0.05) is 18.6 Å². The lowest BCUT2D eigenvalue weighted by Gasteiger charge is -2.39. The zero-order valence-corrected chi connectivity index (χ0v) is 20.5. The first kappa shape index (κ1) is 26.9. The summed E-state index contributed by atoms with van der Waals surface area (Å²) in [5, 5.41) is 8.64. The van der Waals surface area contributed by atoms with E-state index in [1.807, 2.05) is 0 Å². The highest BCUT2D eigenvalue weighted by Crippen LogP contribution is 2.45. The summed E-state index contributed by atoms with van der Waals surface area (Å²) in [7, 11) is 0. The molecule has 2 aliphatic heterocycles. The Hall–Kier alpha value is -2.10. The Morgan fingerprint density at radius 1 is 1.06 bits per heavy atom. The van der Waals surface area contributed by atoms with Gasteiger partial charge in [-0.05, 0) is 79.8 Å². The third-order valence-electron chi connectivity index (χ3n) is 7.29. The van der Waals surface area contributed by atoms with Crippen LogP contribution in [0.15, 0.2) is 24.3 Å². The van der Waals surface area contributed by atoms with Crippen LogP contribution < -0.4 is 4.74 Å². The number of ether oxygens (including phenoxy) is 1. The van der Waals surface area contributed by atoms with Gasteiger partial charge in [0.15, 0.2) is 11.6 Å². The number of alkyl halides is 3. The van der Waals surface area contributed by atoms with E-state index in [4.69, 9.17) is 16.3 Å². The van der Waals surface area contributed by atoms with Crippen molar-refractivity contribution in [2.24, 2.45) is 0 Å². The minimum absolute atomic E-state index is 0. The van der Waals surface area contributed by atoms with Crippen LogP contribution in [0.5, 0.6) is 5.75 Å². The number of benzene rings is 2. The van der Waals surface area contributed by atoms with Crippen LogP contribution in [0.1, 0.15) is 71.5 Å². The van der Waals surface area contributed by atoms with Crippen LogP contribution in [0, 0.1) is 11.6 Å². The minimum atomic E-state index is -4.68. The second kappa shape index (κ2) is 9.99. The van der Waals surface area contributed by atoms with E-state index in [9.17, 15) is 31.9 Å². The third kappa shape index (κ3) is 5.29. The quantitative estimate of drug-likeness (QED) is 0.385. The van der Waals surface area contributed by atoms with Gasteiger partial charge in [-0.3, -0.25) is 4.90 Å². The van der Waals surface area contributed by atoms with Crippen molar-refractivity contribution in [1.82, 2.24) is 4.90 Å². The van der Waals surface area contributed by atoms with Crippen LogP contribution >= 0.6 is 24.0 Å². The molecule has 5 rings (SSSR count). The number of carbonyl (C=O) groups is 1. The molecular formula is C25H24Cl2F5NO3. The molecule has 1 unspecified atom stereocenters. The Morgan fingerprint density at radius 3 is 2.25 bits per heavy atom. The fraction of sp³-hybridized carbons (Fsp3) is 0.480. The maximum Gasteiger partial charge on any atom is 0.416 e. The summed E-state index contributed by atoms with van der Waals surface area (Å²) in [6.45, 7) is 0.453. The molecule has 2 aromatic rings. The standard InChI is InChI=1S/C25H23ClF5NO3.ClH/c26-20-6-14(25(29,30)31)7-22(23(20)28)35-17-8-15-3-4-16(9-17)32(15)11-13-5-21(27)19(24(33)34)10-18(13)12-1-2-12;/h5-7,10,12,15-17H,1-4,8-9,11H2,(H,33,34);1H/t15-,16+,17?;. The van der Waals surface area contributed by atoms with E-state index in [0.717, 1.165) is 36.8 Å². The van der Waals surface area contributed by atoms with Gasteiger partial charge >= 0.3 is 12.1 Å². The SMILES string of the molecule is Cl.O=C(O)c1cc(C2CC2)c(CN2[C@@H]3CC[C@H]2CC(Oc2cc(C(F)(F)F)cc(Cl)c2F)C3)cc1F. The van der Waals surface area contributed by atoms with Gasteiger partial charge in [-0.25, -0.2) is 13.6 Å². The normalized spacial score (nSPS) is 23.9. The summed E-state index contributed by atoms with van der Waals surface area (Å²) in [6, 6.07) is 4.03. The molecule has 0 radical (unpaired) electrons. The Kier molecular flexibility index (Phi) is 7.48. The summed E-state index contributed by atoms with van der Waals surface area (Å²) in [5.41, 5.74) is 0.232. The molecule has 3 aliphatic rings. The monoisotopic (exact) mass is 551 g/mol. The molecule has 0 aromatic heterocycles. The van der Waals surface area contributed by atoms with Crippen molar-refractivity contribution in [3.8, 4) is 5.75 Å². The van der Waals surface area contributed by atoms with Gasteiger partial charge in [0.1, 0.15) is 11.9 Å². The molecule has 36 heavy (non-hydrogen) atoms. The van der Waals surface area contributed by atoms with Crippen molar-refractivity contribution in [3.63, 3.8) is 0 Å². The lowest BCUT2D eigenvalue weighted by molar-refractivity contribution is -0.137. The van der Waals surface area contributed by atoms with E-state index in [1.54, 1.807) is 0 Å². The molecule has 1 aliphatic carbocycles. The molecule has 1 N–H and O–H groups in total. The lowest BCUT2D eigenvalue weighted by atomic mass is 9.95. The molecule has 1 saturated carbocycles. The molecule has 0 spiro atoms. The van der Waals surface area contributed by atoms with Crippen molar-refractivity contribution in [2.75, 3.05) is 0 Å². The molecule has 2 heterocycles. The fourth-order valence-electron chi connectivity index (χ4n) is 5.47. The third-order valence-corrected chi connectivity index (χ3v) is 7.56. The number of rotatable bonds is 6. The van der Waals surface area contributed by atoms with E-state index in [1.165, 1.54) is 12.1 Å². The van der Waals surface area contributed by atoms with E-state index < -0.39 is 46.2 Å². The summed E-state index contributed by atoms with van der Waals surface area (Å²) in [6.07, 6.45) is -0.641. The van der Waals surface area contributed by atoms with Crippen molar-refractivity contribution in [2.45, 2.75) is 75.4 Å². The van der Waals surface area contributed by atoms with E-state index >= 15 is 0 Å².